The largest absolute Gasteiger partial charge is 0.465 e. The van der Waals surface area contributed by atoms with Gasteiger partial charge >= 0.3 is 24.3 Å². The Hall–Kier alpha value is -3.72. The van der Waals surface area contributed by atoms with E-state index in [1.165, 1.54) is 9.80 Å². The Kier molecular flexibility index (Phi) is 6.79. The molecule has 1 saturated heterocycles. The lowest BCUT2D eigenvalue weighted by atomic mass is 10.2. The predicted molar refractivity (Wildman–Crippen MR) is 101 cm³/mol. The SMILES string of the molecule is COC(=O)c1cnc(N2CCN(c3ncc(C(=O)OC)c(C(F)(F)F)n3)CC2)nc1C(F)(F)F. The first-order valence-electron chi connectivity index (χ1n) is 9.41. The van der Waals surface area contributed by atoms with E-state index in [4.69, 9.17) is 0 Å². The Morgan fingerprint density at radius 1 is 0.735 bits per heavy atom. The van der Waals surface area contributed by atoms with Crippen LogP contribution in [0.4, 0.5) is 38.2 Å². The molecule has 16 heteroatoms. The van der Waals surface area contributed by atoms with Crippen LogP contribution in [-0.4, -0.2) is 72.3 Å². The molecular formula is C18H16F6N6O4. The molecule has 1 aliphatic rings. The Morgan fingerprint density at radius 2 is 1.06 bits per heavy atom. The molecule has 0 saturated carbocycles. The maximum Gasteiger partial charge on any atom is 0.434 e. The highest BCUT2D eigenvalue weighted by molar-refractivity contribution is 5.91. The molecule has 34 heavy (non-hydrogen) atoms. The third-order valence-corrected chi connectivity index (χ3v) is 4.75. The number of anilines is 2. The lowest BCUT2D eigenvalue weighted by Gasteiger charge is -2.35. The Labute approximate surface area is 187 Å². The van der Waals surface area contributed by atoms with Crippen LogP contribution >= 0.6 is 0 Å². The molecule has 0 aliphatic carbocycles. The monoisotopic (exact) mass is 494 g/mol. The number of aromatic nitrogens is 4. The summed E-state index contributed by atoms with van der Waals surface area (Å²) in [6, 6.07) is 0. The second kappa shape index (κ2) is 9.26. The summed E-state index contributed by atoms with van der Waals surface area (Å²) >= 11 is 0. The maximum absolute atomic E-state index is 13.4. The van der Waals surface area contributed by atoms with Crippen LogP contribution in [0.5, 0.6) is 0 Å². The molecular weight excluding hydrogens is 478 g/mol. The number of esters is 2. The second-order valence-electron chi connectivity index (χ2n) is 6.82. The van der Waals surface area contributed by atoms with E-state index in [9.17, 15) is 35.9 Å². The normalized spacial score (nSPS) is 14.7. The Morgan fingerprint density at radius 3 is 1.32 bits per heavy atom. The van der Waals surface area contributed by atoms with Crippen molar-refractivity contribution in [1.82, 2.24) is 19.9 Å². The number of rotatable bonds is 4. The standard InChI is InChI=1S/C18H16F6N6O4/c1-33-13(31)9-7-25-15(27-11(9)17(19,20)21)29-3-5-30(6-4-29)16-26-8-10(14(32)34-2)12(28-16)18(22,23)24/h7-8H,3-6H2,1-2H3. The zero-order valence-corrected chi connectivity index (χ0v) is 17.6. The fourth-order valence-electron chi connectivity index (χ4n) is 3.11. The second-order valence-corrected chi connectivity index (χ2v) is 6.82. The summed E-state index contributed by atoms with van der Waals surface area (Å²) in [6.07, 6.45) is -8.50. The molecule has 0 atom stereocenters. The van der Waals surface area contributed by atoms with Gasteiger partial charge in [0.15, 0.2) is 11.4 Å². The van der Waals surface area contributed by atoms with E-state index >= 15 is 0 Å². The average molecular weight is 494 g/mol. The number of nitrogens with zero attached hydrogens (tertiary/aromatic N) is 6. The van der Waals surface area contributed by atoms with Gasteiger partial charge in [-0.15, -0.1) is 0 Å². The van der Waals surface area contributed by atoms with E-state index < -0.39 is 46.8 Å². The van der Waals surface area contributed by atoms with Gasteiger partial charge in [-0.05, 0) is 0 Å². The van der Waals surface area contributed by atoms with Crippen LogP contribution in [-0.2, 0) is 21.8 Å². The van der Waals surface area contributed by atoms with Crippen LogP contribution in [0.3, 0.4) is 0 Å². The number of piperazine rings is 1. The van der Waals surface area contributed by atoms with Gasteiger partial charge in [-0.2, -0.15) is 26.3 Å². The van der Waals surface area contributed by atoms with Crippen molar-refractivity contribution < 1.29 is 45.4 Å². The Balaban J connectivity index is 1.82. The molecule has 0 amide bonds. The zero-order valence-electron chi connectivity index (χ0n) is 17.6. The molecule has 0 spiro atoms. The van der Waals surface area contributed by atoms with Crippen molar-refractivity contribution in [1.29, 1.82) is 0 Å². The predicted octanol–water partition coefficient (Wildman–Crippen LogP) is 2.20. The van der Waals surface area contributed by atoms with Crippen LogP contribution in [0.15, 0.2) is 12.4 Å². The molecule has 0 aromatic carbocycles. The summed E-state index contributed by atoms with van der Waals surface area (Å²) in [4.78, 5) is 40.4. The fraction of sp³-hybridized carbons (Fsp3) is 0.444. The van der Waals surface area contributed by atoms with Gasteiger partial charge in [0.1, 0.15) is 11.1 Å². The van der Waals surface area contributed by atoms with Crippen LogP contribution in [0.25, 0.3) is 0 Å². The summed E-state index contributed by atoms with van der Waals surface area (Å²) in [6.45, 7) is 0.0489. The topological polar surface area (TPSA) is 111 Å². The summed E-state index contributed by atoms with van der Waals surface area (Å²) in [5.74, 6) is -3.15. The molecule has 10 nitrogen and oxygen atoms in total. The van der Waals surface area contributed by atoms with E-state index in [1.54, 1.807) is 0 Å². The van der Waals surface area contributed by atoms with Crippen molar-refractivity contribution in [3.8, 4) is 0 Å². The summed E-state index contributed by atoms with van der Waals surface area (Å²) in [5.41, 5.74) is -4.64. The first kappa shape index (κ1) is 24.9. The minimum absolute atomic E-state index is 0.0122. The van der Waals surface area contributed by atoms with Crippen LogP contribution in [0.2, 0.25) is 0 Å². The molecule has 1 fully saturated rings. The highest BCUT2D eigenvalue weighted by Gasteiger charge is 2.40. The molecule has 0 unspecified atom stereocenters. The van der Waals surface area contributed by atoms with Gasteiger partial charge in [-0.1, -0.05) is 0 Å². The first-order chi connectivity index (χ1) is 15.9. The number of carbonyl (C=O) groups excluding carboxylic acids is 2. The van der Waals surface area contributed by atoms with E-state index in [-0.39, 0.29) is 38.1 Å². The minimum atomic E-state index is -4.95. The fourth-order valence-corrected chi connectivity index (χ4v) is 3.11. The van der Waals surface area contributed by atoms with Gasteiger partial charge in [-0.25, -0.2) is 29.5 Å². The summed E-state index contributed by atoms with van der Waals surface area (Å²) < 4.78 is 88.8. The van der Waals surface area contributed by atoms with Crippen molar-refractivity contribution in [2.75, 3.05) is 50.2 Å². The van der Waals surface area contributed by atoms with Crippen LogP contribution in [0.1, 0.15) is 32.1 Å². The molecule has 3 rings (SSSR count). The molecule has 0 N–H and O–H groups in total. The molecule has 0 radical (unpaired) electrons. The van der Waals surface area contributed by atoms with Crippen molar-refractivity contribution in [3.63, 3.8) is 0 Å². The number of ether oxygens (including phenoxy) is 2. The zero-order chi connectivity index (χ0) is 25.3. The van der Waals surface area contributed by atoms with Crippen LogP contribution < -0.4 is 9.80 Å². The number of methoxy groups -OCH3 is 2. The summed E-state index contributed by atoms with van der Waals surface area (Å²) in [5, 5.41) is 0. The number of halogens is 6. The van der Waals surface area contributed by atoms with E-state index in [0.717, 1.165) is 14.2 Å². The van der Waals surface area contributed by atoms with Gasteiger partial charge < -0.3 is 19.3 Å². The number of hydrogen-bond acceptors (Lipinski definition) is 10. The first-order valence-corrected chi connectivity index (χ1v) is 9.41. The maximum atomic E-state index is 13.4. The van der Waals surface area contributed by atoms with Crippen molar-refractivity contribution in [3.05, 3.63) is 34.9 Å². The van der Waals surface area contributed by atoms with E-state index in [1.807, 2.05) is 0 Å². The van der Waals surface area contributed by atoms with Gasteiger partial charge in [0.05, 0.1) is 14.2 Å². The smallest absolute Gasteiger partial charge is 0.434 e. The van der Waals surface area contributed by atoms with Crippen molar-refractivity contribution in [2.24, 2.45) is 0 Å². The van der Waals surface area contributed by atoms with Gasteiger partial charge in [-0.3, -0.25) is 0 Å². The highest BCUT2D eigenvalue weighted by Crippen LogP contribution is 2.33. The third-order valence-electron chi connectivity index (χ3n) is 4.75. The summed E-state index contributed by atoms with van der Waals surface area (Å²) in [7, 11) is 1.83. The third kappa shape index (κ3) is 5.09. The van der Waals surface area contributed by atoms with Crippen molar-refractivity contribution >= 4 is 23.8 Å². The highest BCUT2D eigenvalue weighted by atomic mass is 19.4. The van der Waals surface area contributed by atoms with Gasteiger partial charge in [0, 0.05) is 38.6 Å². The molecule has 0 bridgehead atoms. The lowest BCUT2D eigenvalue weighted by molar-refractivity contribution is -0.142. The average Bonchev–Trinajstić information content (AvgIpc) is 2.81. The molecule has 3 heterocycles. The molecule has 1 aliphatic heterocycles. The van der Waals surface area contributed by atoms with E-state index in [2.05, 4.69) is 29.4 Å². The number of alkyl halides is 6. The lowest BCUT2D eigenvalue weighted by Crippen LogP contribution is -2.48. The van der Waals surface area contributed by atoms with Gasteiger partial charge in [0.25, 0.3) is 0 Å². The minimum Gasteiger partial charge on any atom is -0.465 e. The Bertz CT molecular complexity index is 1000. The number of hydrogen-bond donors (Lipinski definition) is 0. The van der Waals surface area contributed by atoms with Gasteiger partial charge in [0.2, 0.25) is 11.9 Å². The molecule has 2 aromatic heterocycles. The molecule has 184 valence electrons. The molecule has 2 aromatic rings. The number of carbonyl (C=O) groups is 2. The van der Waals surface area contributed by atoms with Crippen LogP contribution in [0, 0.1) is 0 Å². The quantitative estimate of drug-likeness (QED) is 0.463. The van der Waals surface area contributed by atoms with Crippen molar-refractivity contribution in [2.45, 2.75) is 12.4 Å². The van der Waals surface area contributed by atoms with E-state index in [0.29, 0.717) is 12.4 Å².